The first-order chi connectivity index (χ1) is 13.0. The van der Waals surface area contributed by atoms with Crippen LogP contribution in [0.25, 0.3) is 0 Å². The molecule has 2 aromatic rings. The molecule has 0 unspecified atom stereocenters. The molecule has 1 N–H and O–H groups in total. The minimum Gasteiger partial charge on any atom is -0.495 e. The highest BCUT2D eigenvalue weighted by Crippen LogP contribution is 2.38. The first kappa shape index (κ1) is 20.3. The molecule has 1 amide bonds. The number of carbonyl (C=O) groups is 1. The normalized spacial score (nSPS) is 16.0. The van der Waals surface area contributed by atoms with Crippen molar-refractivity contribution in [2.75, 3.05) is 30.4 Å². The number of nitrogens with one attached hydrogen (secondary N) is 1. The SMILES string of the molecule is COc1ccc(Cl)cc1S(=O)(=O)Nc1ccc2c(c1)N(C)C(=O)C(C)(C)CO2. The van der Waals surface area contributed by atoms with Gasteiger partial charge in [-0.3, -0.25) is 9.52 Å². The van der Waals surface area contributed by atoms with Crippen LogP contribution >= 0.6 is 11.6 Å². The van der Waals surface area contributed by atoms with Gasteiger partial charge in [-0.2, -0.15) is 0 Å². The fourth-order valence-corrected chi connectivity index (χ4v) is 4.40. The van der Waals surface area contributed by atoms with E-state index in [-0.39, 0.29) is 33.9 Å². The van der Waals surface area contributed by atoms with Crippen LogP contribution < -0.4 is 19.1 Å². The summed E-state index contributed by atoms with van der Waals surface area (Å²) in [6.07, 6.45) is 0. The molecule has 150 valence electrons. The Morgan fingerprint density at radius 2 is 1.93 bits per heavy atom. The number of sulfonamides is 1. The molecule has 0 radical (unpaired) electrons. The zero-order chi connectivity index (χ0) is 20.7. The summed E-state index contributed by atoms with van der Waals surface area (Å²) in [5, 5.41) is 0.268. The van der Waals surface area contributed by atoms with Gasteiger partial charge in [-0.25, -0.2) is 8.42 Å². The average Bonchev–Trinajstić information content (AvgIpc) is 2.72. The van der Waals surface area contributed by atoms with Gasteiger partial charge in [0.05, 0.1) is 23.9 Å². The van der Waals surface area contributed by atoms with Crippen LogP contribution in [0.3, 0.4) is 0 Å². The molecular weight excluding hydrogens is 404 g/mol. The molecule has 28 heavy (non-hydrogen) atoms. The average molecular weight is 425 g/mol. The number of carbonyl (C=O) groups excluding carboxylic acids is 1. The minimum atomic E-state index is -3.97. The Morgan fingerprint density at radius 3 is 2.61 bits per heavy atom. The number of halogens is 1. The first-order valence-corrected chi connectivity index (χ1v) is 10.3. The number of benzene rings is 2. The number of methoxy groups -OCH3 is 1. The smallest absolute Gasteiger partial charge is 0.265 e. The fourth-order valence-electron chi connectivity index (χ4n) is 2.92. The molecule has 9 heteroatoms. The van der Waals surface area contributed by atoms with Gasteiger partial charge in [0.2, 0.25) is 5.91 Å². The highest BCUT2D eigenvalue weighted by molar-refractivity contribution is 7.92. The maximum Gasteiger partial charge on any atom is 0.265 e. The van der Waals surface area contributed by atoms with E-state index in [1.807, 2.05) is 0 Å². The van der Waals surface area contributed by atoms with Gasteiger partial charge in [0.25, 0.3) is 10.0 Å². The van der Waals surface area contributed by atoms with E-state index < -0.39 is 15.4 Å². The van der Waals surface area contributed by atoms with Crippen LogP contribution in [0.5, 0.6) is 11.5 Å². The number of rotatable bonds is 4. The lowest BCUT2D eigenvalue weighted by molar-refractivity contribution is -0.127. The lowest BCUT2D eigenvalue weighted by Crippen LogP contribution is -2.39. The number of fused-ring (bicyclic) bond motifs is 1. The maximum absolute atomic E-state index is 12.9. The van der Waals surface area contributed by atoms with Gasteiger partial charge in [-0.05, 0) is 50.2 Å². The quantitative estimate of drug-likeness (QED) is 0.811. The van der Waals surface area contributed by atoms with E-state index >= 15 is 0 Å². The Bertz CT molecular complexity index is 1040. The summed E-state index contributed by atoms with van der Waals surface area (Å²) in [5.74, 6) is 0.552. The second-order valence-electron chi connectivity index (χ2n) is 7.12. The van der Waals surface area contributed by atoms with Crippen LogP contribution in [0.2, 0.25) is 5.02 Å². The molecule has 0 saturated carbocycles. The molecule has 0 fully saturated rings. The summed E-state index contributed by atoms with van der Waals surface area (Å²) in [4.78, 5) is 14.0. The molecule has 0 atom stereocenters. The van der Waals surface area contributed by atoms with Crippen molar-refractivity contribution < 1.29 is 22.7 Å². The van der Waals surface area contributed by atoms with Crippen molar-refractivity contribution in [2.24, 2.45) is 5.41 Å². The van der Waals surface area contributed by atoms with Crippen molar-refractivity contribution >= 4 is 38.9 Å². The van der Waals surface area contributed by atoms with Crippen LogP contribution in [-0.4, -0.2) is 35.1 Å². The van der Waals surface area contributed by atoms with Crippen molar-refractivity contribution in [1.82, 2.24) is 0 Å². The summed E-state index contributed by atoms with van der Waals surface area (Å²) in [5.41, 5.74) is 0.0688. The lowest BCUT2D eigenvalue weighted by Gasteiger charge is -2.24. The van der Waals surface area contributed by atoms with Gasteiger partial charge < -0.3 is 14.4 Å². The third-order valence-corrected chi connectivity index (χ3v) is 6.10. The van der Waals surface area contributed by atoms with Gasteiger partial charge in [0.15, 0.2) is 0 Å². The zero-order valence-electron chi connectivity index (χ0n) is 15.9. The number of anilines is 2. The standard InChI is InChI=1S/C19H21ClN2O5S/c1-19(2)11-27-15-8-6-13(10-14(15)22(3)18(19)23)21-28(24,25)17-9-12(20)5-7-16(17)26-4/h5-10,21H,11H2,1-4H3. The molecule has 0 aromatic heterocycles. The zero-order valence-corrected chi connectivity index (χ0v) is 17.5. The van der Waals surface area contributed by atoms with Crippen LogP contribution in [0, 0.1) is 5.41 Å². The van der Waals surface area contributed by atoms with Gasteiger partial charge in [0.1, 0.15) is 23.0 Å². The number of amides is 1. The predicted octanol–water partition coefficient (Wildman–Crippen LogP) is 3.53. The number of ether oxygens (including phenoxy) is 2. The Morgan fingerprint density at radius 1 is 1.21 bits per heavy atom. The fraction of sp³-hybridized carbons (Fsp3) is 0.316. The van der Waals surface area contributed by atoms with E-state index in [9.17, 15) is 13.2 Å². The third-order valence-electron chi connectivity index (χ3n) is 4.46. The highest BCUT2D eigenvalue weighted by Gasteiger charge is 2.36. The molecule has 7 nitrogen and oxygen atoms in total. The van der Waals surface area contributed by atoms with E-state index in [4.69, 9.17) is 21.1 Å². The Balaban J connectivity index is 1.98. The van der Waals surface area contributed by atoms with Crippen molar-refractivity contribution in [3.05, 3.63) is 41.4 Å². The molecule has 0 bridgehead atoms. The van der Waals surface area contributed by atoms with E-state index in [1.54, 1.807) is 45.2 Å². The van der Waals surface area contributed by atoms with E-state index in [0.29, 0.717) is 11.4 Å². The molecule has 0 saturated heterocycles. The van der Waals surface area contributed by atoms with E-state index in [1.165, 1.54) is 24.1 Å². The largest absolute Gasteiger partial charge is 0.495 e. The summed E-state index contributed by atoms with van der Waals surface area (Å²) in [6, 6.07) is 9.10. The Kier molecular flexibility index (Phi) is 5.20. The van der Waals surface area contributed by atoms with Crippen molar-refractivity contribution in [3.8, 4) is 11.5 Å². The third kappa shape index (κ3) is 3.74. The van der Waals surface area contributed by atoms with Crippen LogP contribution in [0.15, 0.2) is 41.3 Å². The molecule has 0 spiro atoms. The number of hydrogen-bond donors (Lipinski definition) is 1. The molecule has 1 aliphatic rings. The number of hydrogen-bond acceptors (Lipinski definition) is 5. The molecule has 3 rings (SSSR count). The Labute approximate surface area is 169 Å². The van der Waals surface area contributed by atoms with Crippen molar-refractivity contribution in [2.45, 2.75) is 18.7 Å². The second kappa shape index (κ2) is 7.18. The molecule has 2 aromatic carbocycles. The van der Waals surface area contributed by atoms with Crippen LogP contribution in [0.4, 0.5) is 11.4 Å². The topological polar surface area (TPSA) is 84.9 Å². The summed E-state index contributed by atoms with van der Waals surface area (Å²) in [6.45, 7) is 3.83. The highest BCUT2D eigenvalue weighted by atomic mass is 35.5. The molecule has 0 aliphatic carbocycles. The minimum absolute atomic E-state index is 0.0840. The second-order valence-corrected chi connectivity index (χ2v) is 9.21. The molecule has 1 aliphatic heterocycles. The summed E-state index contributed by atoms with van der Waals surface area (Å²) in [7, 11) is -0.958. The van der Waals surface area contributed by atoms with Gasteiger partial charge in [0, 0.05) is 12.1 Å². The van der Waals surface area contributed by atoms with Gasteiger partial charge >= 0.3 is 0 Å². The maximum atomic E-state index is 12.9. The molecular formula is C19H21ClN2O5S. The van der Waals surface area contributed by atoms with Crippen LogP contribution in [-0.2, 0) is 14.8 Å². The van der Waals surface area contributed by atoms with E-state index in [0.717, 1.165) is 0 Å². The summed E-state index contributed by atoms with van der Waals surface area (Å²) < 4.78 is 39.1. The molecule has 1 heterocycles. The van der Waals surface area contributed by atoms with E-state index in [2.05, 4.69) is 4.72 Å². The van der Waals surface area contributed by atoms with Crippen molar-refractivity contribution in [3.63, 3.8) is 0 Å². The number of nitrogens with zero attached hydrogens (tertiary/aromatic N) is 1. The van der Waals surface area contributed by atoms with Gasteiger partial charge in [-0.1, -0.05) is 11.6 Å². The predicted molar refractivity (Wildman–Crippen MR) is 108 cm³/mol. The summed E-state index contributed by atoms with van der Waals surface area (Å²) >= 11 is 5.95. The lowest BCUT2D eigenvalue weighted by atomic mass is 9.93. The van der Waals surface area contributed by atoms with Gasteiger partial charge in [-0.15, -0.1) is 0 Å². The first-order valence-electron chi connectivity index (χ1n) is 8.46. The van der Waals surface area contributed by atoms with Crippen LogP contribution in [0.1, 0.15) is 13.8 Å². The van der Waals surface area contributed by atoms with Crippen molar-refractivity contribution in [1.29, 1.82) is 0 Å². The Hall–Kier alpha value is -2.45. The monoisotopic (exact) mass is 424 g/mol.